The zero-order valence-corrected chi connectivity index (χ0v) is 16.9. The van der Waals surface area contributed by atoms with E-state index in [0.29, 0.717) is 16.1 Å². The SMILES string of the molecule is CC(C)OC(=O)c1ccc(N2C[C@H](C(=O)OCC(=O)c3cccs3)CC2=O)cc1. The molecule has 0 unspecified atom stereocenters. The molecule has 3 rings (SSSR count). The van der Waals surface area contributed by atoms with Gasteiger partial charge in [0, 0.05) is 18.7 Å². The van der Waals surface area contributed by atoms with Crippen LogP contribution in [0.4, 0.5) is 5.69 Å². The van der Waals surface area contributed by atoms with Gasteiger partial charge in [-0.25, -0.2) is 4.79 Å². The quantitative estimate of drug-likeness (QED) is 0.510. The third-order valence-corrected chi connectivity index (χ3v) is 5.27. The van der Waals surface area contributed by atoms with Gasteiger partial charge in [0.05, 0.1) is 22.5 Å². The fourth-order valence-corrected chi connectivity index (χ4v) is 3.59. The van der Waals surface area contributed by atoms with E-state index < -0.39 is 17.9 Å². The van der Waals surface area contributed by atoms with Crippen molar-refractivity contribution in [3.05, 3.63) is 52.2 Å². The lowest BCUT2D eigenvalue weighted by molar-refractivity contribution is -0.147. The first kappa shape index (κ1) is 20.7. The monoisotopic (exact) mass is 415 g/mol. The fraction of sp³-hybridized carbons (Fsp3) is 0.333. The van der Waals surface area contributed by atoms with Gasteiger partial charge in [0.1, 0.15) is 0 Å². The molecule has 7 nitrogen and oxygen atoms in total. The average Bonchev–Trinajstić information content (AvgIpc) is 3.35. The van der Waals surface area contributed by atoms with E-state index in [1.807, 2.05) is 0 Å². The summed E-state index contributed by atoms with van der Waals surface area (Å²) in [5, 5.41) is 1.77. The molecule has 2 heterocycles. The molecular weight excluding hydrogens is 394 g/mol. The molecule has 0 radical (unpaired) electrons. The molecule has 1 aliphatic rings. The van der Waals surface area contributed by atoms with Gasteiger partial charge in [0.2, 0.25) is 11.7 Å². The number of ketones is 1. The van der Waals surface area contributed by atoms with Crippen molar-refractivity contribution in [3.63, 3.8) is 0 Å². The summed E-state index contributed by atoms with van der Waals surface area (Å²) in [5.74, 6) is -2.12. The summed E-state index contributed by atoms with van der Waals surface area (Å²) in [7, 11) is 0. The summed E-state index contributed by atoms with van der Waals surface area (Å²) in [6.07, 6.45) is -0.204. The second kappa shape index (κ2) is 9.00. The van der Waals surface area contributed by atoms with Gasteiger partial charge >= 0.3 is 11.9 Å². The lowest BCUT2D eigenvalue weighted by atomic mass is 10.1. The third kappa shape index (κ3) is 5.08. The molecule has 29 heavy (non-hydrogen) atoms. The van der Waals surface area contributed by atoms with E-state index in [9.17, 15) is 19.2 Å². The first-order valence-corrected chi connectivity index (χ1v) is 10.1. The number of Topliss-reactive ketones (excluding diaryl/α,β-unsaturated/α-hetero) is 1. The van der Waals surface area contributed by atoms with Crippen LogP contribution in [0, 0.1) is 5.92 Å². The van der Waals surface area contributed by atoms with Crippen molar-refractivity contribution >= 4 is 40.7 Å². The summed E-state index contributed by atoms with van der Waals surface area (Å²) in [4.78, 5) is 50.5. The molecule has 0 spiro atoms. The number of ether oxygens (including phenoxy) is 2. The summed E-state index contributed by atoms with van der Waals surface area (Å²) >= 11 is 1.28. The Hall–Kier alpha value is -3.00. The summed E-state index contributed by atoms with van der Waals surface area (Å²) < 4.78 is 10.2. The molecule has 1 fully saturated rings. The fourth-order valence-electron chi connectivity index (χ4n) is 2.94. The molecule has 1 saturated heterocycles. The van der Waals surface area contributed by atoms with Gasteiger partial charge in [-0.1, -0.05) is 6.07 Å². The molecule has 1 aromatic heterocycles. The highest BCUT2D eigenvalue weighted by Gasteiger charge is 2.36. The van der Waals surface area contributed by atoms with Crippen molar-refractivity contribution in [1.82, 2.24) is 0 Å². The van der Waals surface area contributed by atoms with Gasteiger partial charge in [-0.15, -0.1) is 11.3 Å². The van der Waals surface area contributed by atoms with Crippen LogP contribution in [0.3, 0.4) is 0 Å². The number of benzene rings is 1. The van der Waals surface area contributed by atoms with E-state index in [1.54, 1.807) is 55.6 Å². The number of amides is 1. The highest BCUT2D eigenvalue weighted by Crippen LogP contribution is 2.26. The van der Waals surface area contributed by atoms with Crippen LogP contribution >= 0.6 is 11.3 Å². The zero-order chi connectivity index (χ0) is 21.0. The number of hydrogen-bond acceptors (Lipinski definition) is 7. The highest BCUT2D eigenvalue weighted by molar-refractivity contribution is 7.12. The van der Waals surface area contributed by atoms with Crippen molar-refractivity contribution in [2.24, 2.45) is 5.92 Å². The lowest BCUT2D eigenvalue weighted by Gasteiger charge is -2.17. The Balaban J connectivity index is 1.57. The minimum absolute atomic E-state index is 0.0170. The second-order valence-corrected chi connectivity index (χ2v) is 7.86. The first-order valence-electron chi connectivity index (χ1n) is 9.20. The molecule has 1 aromatic carbocycles. The maximum Gasteiger partial charge on any atom is 0.338 e. The molecule has 0 N–H and O–H groups in total. The van der Waals surface area contributed by atoms with Crippen LogP contribution in [0.1, 0.15) is 40.3 Å². The van der Waals surface area contributed by atoms with Crippen molar-refractivity contribution in [1.29, 1.82) is 0 Å². The molecule has 0 saturated carbocycles. The van der Waals surface area contributed by atoms with E-state index in [0.717, 1.165) is 0 Å². The maximum atomic E-state index is 12.3. The van der Waals surface area contributed by atoms with Crippen LogP contribution in [-0.4, -0.2) is 42.9 Å². The van der Waals surface area contributed by atoms with Gasteiger partial charge < -0.3 is 14.4 Å². The molecule has 1 amide bonds. The summed E-state index contributed by atoms with van der Waals surface area (Å²) in [6, 6.07) is 9.87. The number of carbonyl (C=O) groups is 4. The molecule has 0 aliphatic carbocycles. The van der Waals surface area contributed by atoms with Crippen LogP contribution in [-0.2, 0) is 19.1 Å². The molecule has 8 heteroatoms. The lowest BCUT2D eigenvalue weighted by Crippen LogP contribution is -2.27. The number of thiophene rings is 1. The van der Waals surface area contributed by atoms with Crippen molar-refractivity contribution in [2.75, 3.05) is 18.1 Å². The summed E-state index contributed by atoms with van der Waals surface area (Å²) in [5.41, 5.74) is 0.971. The van der Waals surface area contributed by atoms with Gasteiger partial charge in [0.15, 0.2) is 6.61 Å². The van der Waals surface area contributed by atoms with Crippen LogP contribution in [0.25, 0.3) is 0 Å². The van der Waals surface area contributed by atoms with E-state index in [4.69, 9.17) is 9.47 Å². The van der Waals surface area contributed by atoms with Crippen LogP contribution in [0.15, 0.2) is 41.8 Å². The Kier molecular flexibility index (Phi) is 6.43. The molecular formula is C21H21NO6S. The number of anilines is 1. The standard InChI is InChI=1S/C21H21NO6S/c1-13(2)28-21(26)14-5-7-16(8-6-14)22-11-15(10-19(22)24)20(25)27-12-17(23)18-4-3-9-29-18/h3-9,13,15H,10-12H2,1-2H3/t15-/m1/s1. The van der Waals surface area contributed by atoms with Crippen LogP contribution < -0.4 is 4.90 Å². The Morgan fingerprint density at radius 3 is 2.52 bits per heavy atom. The topological polar surface area (TPSA) is 90.0 Å². The van der Waals surface area contributed by atoms with Crippen LogP contribution in [0.5, 0.6) is 0 Å². The Labute approximate surface area is 172 Å². The van der Waals surface area contributed by atoms with E-state index >= 15 is 0 Å². The number of nitrogens with zero attached hydrogens (tertiary/aromatic N) is 1. The van der Waals surface area contributed by atoms with Gasteiger partial charge in [0.25, 0.3) is 0 Å². The number of esters is 2. The van der Waals surface area contributed by atoms with E-state index in [-0.39, 0.29) is 37.4 Å². The largest absolute Gasteiger partial charge is 0.459 e. The highest BCUT2D eigenvalue weighted by atomic mass is 32.1. The minimum atomic E-state index is -0.635. The average molecular weight is 415 g/mol. The van der Waals surface area contributed by atoms with Crippen molar-refractivity contribution < 1.29 is 28.7 Å². The first-order chi connectivity index (χ1) is 13.8. The van der Waals surface area contributed by atoms with Crippen molar-refractivity contribution in [3.8, 4) is 0 Å². The van der Waals surface area contributed by atoms with Gasteiger partial charge in [-0.2, -0.15) is 0 Å². The summed E-state index contributed by atoms with van der Waals surface area (Å²) in [6.45, 7) is 3.36. The van der Waals surface area contributed by atoms with Crippen molar-refractivity contribution in [2.45, 2.75) is 26.4 Å². The van der Waals surface area contributed by atoms with E-state index in [2.05, 4.69) is 0 Å². The molecule has 2 aromatic rings. The normalized spacial score (nSPS) is 16.2. The predicted octanol–water partition coefficient (Wildman–Crippen LogP) is 3.09. The van der Waals surface area contributed by atoms with Crippen LogP contribution in [0.2, 0.25) is 0 Å². The van der Waals surface area contributed by atoms with Gasteiger partial charge in [-0.3, -0.25) is 14.4 Å². The zero-order valence-electron chi connectivity index (χ0n) is 16.1. The minimum Gasteiger partial charge on any atom is -0.459 e. The molecule has 1 atom stereocenters. The Morgan fingerprint density at radius 1 is 1.17 bits per heavy atom. The maximum absolute atomic E-state index is 12.3. The molecule has 1 aliphatic heterocycles. The predicted molar refractivity (Wildman–Crippen MR) is 107 cm³/mol. The number of hydrogen-bond donors (Lipinski definition) is 0. The number of rotatable bonds is 7. The number of carbonyl (C=O) groups excluding carboxylic acids is 4. The smallest absolute Gasteiger partial charge is 0.338 e. The molecule has 152 valence electrons. The van der Waals surface area contributed by atoms with E-state index in [1.165, 1.54) is 16.2 Å². The Morgan fingerprint density at radius 2 is 1.90 bits per heavy atom. The van der Waals surface area contributed by atoms with Gasteiger partial charge in [-0.05, 0) is 49.6 Å². The second-order valence-electron chi connectivity index (χ2n) is 6.91. The Bertz CT molecular complexity index is 904. The third-order valence-electron chi connectivity index (χ3n) is 4.36. The molecule has 0 bridgehead atoms.